The van der Waals surface area contributed by atoms with E-state index in [0.29, 0.717) is 17.9 Å². The van der Waals surface area contributed by atoms with Gasteiger partial charge in [0.05, 0.1) is 5.56 Å². The van der Waals surface area contributed by atoms with Gasteiger partial charge in [-0.15, -0.1) is 0 Å². The molecule has 0 spiro atoms. The fourth-order valence-corrected chi connectivity index (χ4v) is 4.24. The molecule has 1 aromatic rings. The van der Waals surface area contributed by atoms with Crippen LogP contribution in [0.4, 0.5) is 10.1 Å². The number of halogens is 1. The molecule has 1 aromatic carbocycles. The molecule has 1 heterocycles. The Morgan fingerprint density at radius 2 is 2.04 bits per heavy atom. The molecule has 1 aliphatic carbocycles. The van der Waals surface area contributed by atoms with Crippen molar-refractivity contribution in [3.63, 3.8) is 0 Å². The average Bonchev–Trinajstić information content (AvgIpc) is 2.57. The van der Waals surface area contributed by atoms with E-state index < -0.39 is 5.82 Å². The fraction of sp³-hybridized carbons (Fsp3) is 0.632. The molecule has 124 valence electrons. The smallest absolute Gasteiger partial charge is 0.143 e. The van der Waals surface area contributed by atoms with Crippen LogP contribution in [-0.2, 0) is 0 Å². The van der Waals surface area contributed by atoms with Crippen molar-refractivity contribution in [3.8, 4) is 6.07 Å². The minimum Gasteiger partial charge on any atom is -0.371 e. The summed E-state index contributed by atoms with van der Waals surface area (Å²) in [6.45, 7) is 1.95. The molecule has 2 fully saturated rings. The lowest BCUT2D eigenvalue weighted by Gasteiger charge is -2.38. The average molecular weight is 315 g/mol. The first-order valence-corrected chi connectivity index (χ1v) is 8.87. The Balaban J connectivity index is 1.64. The van der Waals surface area contributed by atoms with E-state index in [1.807, 2.05) is 12.1 Å². The monoisotopic (exact) mass is 315 g/mol. The molecule has 1 saturated heterocycles. The third-order valence-corrected chi connectivity index (χ3v) is 5.56. The van der Waals surface area contributed by atoms with E-state index >= 15 is 0 Å². The standard InChI is InChI=1S/C19H26FN3/c20-18-11-17(8-7-16(18)12-21)23-9-3-4-14(13-23)10-15-5-1-2-6-19(15)22/h7-8,11,14-15,19H,1-6,9-10,13,22H2/t14?,15-,19+/m0/s1. The number of rotatable bonds is 3. The largest absolute Gasteiger partial charge is 0.371 e. The van der Waals surface area contributed by atoms with Gasteiger partial charge in [0.1, 0.15) is 11.9 Å². The Kier molecular flexibility index (Phi) is 5.17. The minimum absolute atomic E-state index is 0.121. The van der Waals surface area contributed by atoms with Crippen LogP contribution < -0.4 is 10.6 Å². The molecular weight excluding hydrogens is 289 g/mol. The number of piperidine rings is 1. The number of hydrogen-bond donors (Lipinski definition) is 1. The summed E-state index contributed by atoms with van der Waals surface area (Å²) < 4.78 is 13.9. The first-order chi connectivity index (χ1) is 11.2. The highest BCUT2D eigenvalue weighted by atomic mass is 19.1. The number of nitrogens with zero attached hydrogens (tertiary/aromatic N) is 2. The van der Waals surface area contributed by atoms with Crippen molar-refractivity contribution in [1.82, 2.24) is 0 Å². The highest BCUT2D eigenvalue weighted by molar-refractivity contribution is 5.50. The van der Waals surface area contributed by atoms with Crippen LogP contribution in [0.5, 0.6) is 0 Å². The molecule has 2 aliphatic rings. The van der Waals surface area contributed by atoms with E-state index in [9.17, 15) is 4.39 Å². The molecule has 23 heavy (non-hydrogen) atoms. The van der Waals surface area contributed by atoms with E-state index in [2.05, 4.69) is 4.90 Å². The molecular formula is C19H26FN3. The number of benzene rings is 1. The van der Waals surface area contributed by atoms with Crippen LogP contribution in [0.3, 0.4) is 0 Å². The second kappa shape index (κ2) is 7.31. The van der Waals surface area contributed by atoms with Gasteiger partial charge in [-0.3, -0.25) is 0 Å². The molecule has 2 N–H and O–H groups in total. The Labute approximate surface area is 138 Å². The van der Waals surface area contributed by atoms with Gasteiger partial charge in [-0.2, -0.15) is 5.26 Å². The molecule has 3 atom stereocenters. The maximum absolute atomic E-state index is 13.9. The van der Waals surface area contributed by atoms with Crippen molar-refractivity contribution in [2.24, 2.45) is 17.6 Å². The molecule has 1 saturated carbocycles. The van der Waals surface area contributed by atoms with E-state index in [1.54, 1.807) is 6.07 Å². The van der Waals surface area contributed by atoms with Crippen molar-refractivity contribution < 1.29 is 4.39 Å². The van der Waals surface area contributed by atoms with Crippen LogP contribution in [0.2, 0.25) is 0 Å². The van der Waals surface area contributed by atoms with Crippen LogP contribution in [0.25, 0.3) is 0 Å². The van der Waals surface area contributed by atoms with Crippen molar-refractivity contribution in [3.05, 3.63) is 29.6 Å². The van der Waals surface area contributed by atoms with E-state index in [0.717, 1.165) is 25.2 Å². The second-order valence-corrected chi connectivity index (χ2v) is 7.17. The third-order valence-electron chi connectivity index (χ3n) is 5.56. The summed E-state index contributed by atoms with van der Waals surface area (Å²) in [4.78, 5) is 2.27. The lowest BCUT2D eigenvalue weighted by Crippen LogP contribution is -2.39. The molecule has 3 rings (SSSR count). The number of nitrogens with two attached hydrogens (primary N) is 1. The zero-order valence-corrected chi connectivity index (χ0v) is 13.7. The molecule has 0 radical (unpaired) electrons. The lowest BCUT2D eigenvalue weighted by molar-refractivity contribution is 0.237. The summed E-state index contributed by atoms with van der Waals surface area (Å²) in [5, 5.41) is 8.85. The van der Waals surface area contributed by atoms with Crippen LogP contribution in [0, 0.1) is 29.0 Å². The first-order valence-electron chi connectivity index (χ1n) is 8.87. The lowest BCUT2D eigenvalue weighted by atomic mass is 9.77. The number of anilines is 1. The van der Waals surface area contributed by atoms with Crippen molar-refractivity contribution in [2.75, 3.05) is 18.0 Å². The topological polar surface area (TPSA) is 53.0 Å². The zero-order valence-electron chi connectivity index (χ0n) is 13.7. The number of nitriles is 1. The van der Waals surface area contributed by atoms with Gasteiger partial charge < -0.3 is 10.6 Å². The normalized spacial score (nSPS) is 28.4. The molecule has 1 aliphatic heterocycles. The van der Waals surface area contributed by atoms with Crippen LogP contribution >= 0.6 is 0 Å². The summed E-state index contributed by atoms with van der Waals surface area (Å²) in [5.41, 5.74) is 7.32. The Morgan fingerprint density at radius 1 is 1.22 bits per heavy atom. The van der Waals surface area contributed by atoms with Gasteiger partial charge in [-0.25, -0.2) is 4.39 Å². The van der Waals surface area contributed by atoms with E-state index in [4.69, 9.17) is 11.0 Å². The Morgan fingerprint density at radius 3 is 2.78 bits per heavy atom. The van der Waals surface area contributed by atoms with Gasteiger partial charge >= 0.3 is 0 Å². The molecule has 3 nitrogen and oxygen atoms in total. The van der Waals surface area contributed by atoms with Crippen molar-refractivity contribution in [1.29, 1.82) is 5.26 Å². The van der Waals surface area contributed by atoms with Gasteiger partial charge in [0.15, 0.2) is 0 Å². The van der Waals surface area contributed by atoms with Gasteiger partial charge in [0.25, 0.3) is 0 Å². The van der Waals surface area contributed by atoms with Crippen LogP contribution in [0.1, 0.15) is 50.5 Å². The second-order valence-electron chi connectivity index (χ2n) is 7.17. The van der Waals surface area contributed by atoms with E-state index in [1.165, 1.54) is 44.6 Å². The number of hydrogen-bond acceptors (Lipinski definition) is 3. The van der Waals surface area contributed by atoms with Crippen LogP contribution in [0.15, 0.2) is 18.2 Å². The summed E-state index contributed by atoms with van der Waals surface area (Å²) in [5.74, 6) is 0.893. The predicted molar refractivity (Wildman–Crippen MR) is 90.6 cm³/mol. The van der Waals surface area contributed by atoms with Gasteiger partial charge in [0.2, 0.25) is 0 Å². The van der Waals surface area contributed by atoms with Gasteiger partial charge in [-0.1, -0.05) is 12.8 Å². The van der Waals surface area contributed by atoms with Crippen LogP contribution in [-0.4, -0.2) is 19.1 Å². The quantitative estimate of drug-likeness (QED) is 0.922. The highest BCUT2D eigenvalue weighted by Crippen LogP contribution is 2.33. The van der Waals surface area contributed by atoms with E-state index in [-0.39, 0.29) is 5.56 Å². The molecule has 4 heteroatoms. The Bertz CT molecular complexity index is 580. The third kappa shape index (κ3) is 3.84. The molecule has 0 bridgehead atoms. The highest BCUT2D eigenvalue weighted by Gasteiger charge is 2.28. The summed E-state index contributed by atoms with van der Waals surface area (Å²) in [6.07, 6.45) is 8.63. The summed E-state index contributed by atoms with van der Waals surface area (Å²) in [6, 6.07) is 7.22. The summed E-state index contributed by atoms with van der Waals surface area (Å²) in [7, 11) is 0. The Hall–Kier alpha value is -1.60. The maximum Gasteiger partial charge on any atom is 0.143 e. The molecule has 0 amide bonds. The minimum atomic E-state index is -0.415. The fourth-order valence-electron chi connectivity index (χ4n) is 4.24. The predicted octanol–water partition coefficient (Wildman–Crippen LogP) is 3.82. The summed E-state index contributed by atoms with van der Waals surface area (Å²) >= 11 is 0. The molecule has 0 aromatic heterocycles. The SMILES string of the molecule is N#Cc1ccc(N2CCCC(C[C@@H]3CCCC[C@H]3N)C2)cc1F. The first kappa shape index (κ1) is 16.3. The van der Waals surface area contributed by atoms with Gasteiger partial charge in [0, 0.05) is 24.8 Å². The molecule has 1 unspecified atom stereocenters. The van der Waals surface area contributed by atoms with Gasteiger partial charge in [-0.05, 0) is 62.1 Å². The maximum atomic E-state index is 13.9. The van der Waals surface area contributed by atoms with Crippen molar-refractivity contribution >= 4 is 5.69 Å². The zero-order chi connectivity index (χ0) is 16.2. The van der Waals surface area contributed by atoms with Crippen molar-refractivity contribution in [2.45, 2.75) is 51.0 Å².